The van der Waals surface area contributed by atoms with Gasteiger partial charge in [0.25, 0.3) is 0 Å². The lowest BCUT2D eigenvalue weighted by molar-refractivity contribution is 0.0600. The van der Waals surface area contributed by atoms with Crippen molar-refractivity contribution in [3.05, 3.63) is 41.0 Å². The fourth-order valence-corrected chi connectivity index (χ4v) is 1.95. The van der Waals surface area contributed by atoms with Crippen LogP contribution in [0.15, 0.2) is 18.2 Å². The minimum absolute atomic E-state index is 0.188. The van der Waals surface area contributed by atoms with Gasteiger partial charge in [-0.2, -0.15) is 5.10 Å². The molecule has 0 aliphatic heterocycles. The van der Waals surface area contributed by atoms with Crippen molar-refractivity contribution in [2.24, 2.45) is 0 Å². The highest BCUT2D eigenvalue weighted by molar-refractivity contribution is 5.91. The van der Waals surface area contributed by atoms with Crippen LogP contribution in [0.25, 0.3) is 11.1 Å². The fraction of sp³-hybridized carbons (Fsp3) is 0.231. The first-order valence-corrected chi connectivity index (χ1v) is 5.43. The number of esters is 1. The number of ether oxygens (including phenoxy) is 1. The Bertz CT molecular complexity index is 586. The van der Waals surface area contributed by atoms with E-state index in [1.165, 1.54) is 13.2 Å². The van der Waals surface area contributed by atoms with E-state index >= 15 is 0 Å². The van der Waals surface area contributed by atoms with Crippen LogP contribution in [0.1, 0.15) is 21.7 Å². The molecule has 0 atom stereocenters. The summed E-state index contributed by atoms with van der Waals surface area (Å²) < 4.78 is 18.1. The van der Waals surface area contributed by atoms with Gasteiger partial charge in [0.2, 0.25) is 0 Å². The van der Waals surface area contributed by atoms with Gasteiger partial charge in [-0.25, -0.2) is 9.18 Å². The Morgan fingerprint density at radius 2 is 2.06 bits per heavy atom. The smallest absolute Gasteiger partial charge is 0.337 e. The zero-order chi connectivity index (χ0) is 13.3. The number of aromatic amines is 1. The Labute approximate surface area is 104 Å². The quantitative estimate of drug-likeness (QED) is 0.831. The molecule has 0 aliphatic carbocycles. The number of rotatable bonds is 2. The normalized spacial score (nSPS) is 10.4. The van der Waals surface area contributed by atoms with E-state index in [-0.39, 0.29) is 5.56 Å². The third kappa shape index (κ3) is 2.11. The summed E-state index contributed by atoms with van der Waals surface area (Å²) in [6.07, 6.45) is 0. The SMILES string of the molecule is COC(=O)c1cc(F)cc(-c2c(C)n[nH]c2C)c1. The minimum atomic E-state index is -0.561. The van der Waals surface area contributed by atoms with Crippen LogP contribution < -0.4 is 0 Å². The molecule has 94 valence electrons. The number of H-pyrrole nitrogens is 1. The Kier molecular flexibility index (Phi) is 3.14. The summed E-state index contributed by atoms with van der Waals surface area (Å²) in [6, 6.07) is 4.12. The van der Waals surface area contributed by atoms with Gasteiger partial charge in [-0.15, -0.1) is 0 Å². The molecule has 0 aliphatic rings. The van der Waals surface area contributed by atoms with Gasteiger partial charge >= 0.3 is 5.97 Å². The van der Waals surface area contributed by atoms with Gasteiger partial charge in [0.1, 0.15) is 5.82 Å². The van der Waals surface area contributed by atoms with E-state index < -0.39 is 11.8 Å². The Hall–Kier alpha value is -2.17. The Morgan fingerprint density at radius 1 is 1.33 bits per heavy atom. The molecule has 1 heterocycles. The highest BCUT2D eigenvalue weighted by Crippen LogP contribution is 2.27. The Balaban J connectivity index is 2.59. The van der Waals surface area contributed by atoms with Gasteiger partial charge in [-0.3, -0.25) is 5.10 Å². The molecule has 0 unspecified atom stereocenters. The number of aryl methyl sites for hydroxylation is 2. The first kappa shape index (κ1) is 12.3. The van der Waals surface area contributed by atoms with Crippen molar-refractivity contribution in [2.45, 2.75) is 13.8 Å². The highest BCUT2D eigenvalue weighted by Gasteiger charge is 2.14. The van der Waals surface area contributed by atoms with E-state index in [0.29, 0.717) is 5.56 Å². The Morgan fingerprint density at radius 3 is 2.61 bits per heavy atom. The molecule has 1 N–H and O–H groups in total. The van der Waals surface area contributed by atoms with E-state index in [1.54, 1.807) is 6.07 Å². The number of nitrogens with one attached hydrogen (secondary N) is 1. The standard InChI is InChI=1S/C13H13FN2O2/c1-7-12(8(2)16-15-7)9-4-10(13(17)18-3)6-11(14)5-9/h4-6H,1-3H3,(H,15,16). The zero-order valence-electron chi connectivity index (χ0n) is 10.4. The first-order chi connectivity index (χ1) is 8.52. The number of carbonyl (C=O) groups is 1. The van der Waals surface area contributed by atoms with Crippen molar-refractivity contribution in [1.29, 1.82) is 0 Å². The van der Waals surface area contributed by atoms with Crippen LogP contribution in [0.5, 0.6) is 0 Å². The van der Waals surface area contributed by atoms with Crippen LogP contribution in [0, 0.1) is 19.7 Å². The number of halogens is 1. The summed E-state index contributed by atoms with van der Waals surface area (Å²) in [7, 11) is 1.27. The maximum atomic E-state index is 13.5. The highest BCUT2D eigenvalue weighted by atomic mass is 19.1. The zero-order valence-corrected chi connectivity index (χ0v) is 10.4. The number of carbonyl (C=O) groups excluding carboxylic acids is 1. The van der Waals surface area contributed by atoms with E-state index in [1.807, 2.05) is 13.8 Å². The van der Waals surface area contributed by atoms with Crippen LogP contribution in [0.3, 0.4) is 0 Å². The summed E-state index contributed by atoms with van der Waals surface area (Å²) in [5, 5.41) is 6.88. The number of hydrogen-bond donors (Lipinski definition) is 1. The predicted octanol–water partition coefficient (Wildman–Crippen LogP) is 2.62. The predicted molar refractivity (Wildman–Crippen MR) is 64.8 cm³/mol. The second-order valence-corrected chi connectivity index (χ2v) is 4.03. The molecule has 0 spiro atoms. The van der Waals surface area contributed by atoms with Crippen molar-refractivity contribution >= 4 is 5.97 Å². The summed E-state index contributed by atoms with van der Waals surface area (Å²) in [4.78, 5) is 11.4. The molecule has 0 fully saturated rings. The molecule has 0 saturated carbocycles. The summed E-state index contributed by atoms with van der Waals surface area (Å²) in [5.41, 5.74) is 3.19. The van der Waals surface area contributed by atoms with Gasteiger partial charge < -0.3 is 4.74 Å². The van der Waals surface area contributed by atoms with Crippen LogP contribution >= 0.6 is 0 Å². The molecule has 2 rings (SSSR count). The van der Waals surface area contributed by atoms with Gasteiger partial charge in [-0.05, 0) is 37.6 Å². The summed E-state index contributed by atoms with van der Waals surface area (Å²) in [6.45, 7) is 3.67. The van der Waals surface area contributed by atoms with Crippen molar-refractivity contribution in [3.63, 3.8) is 0 Å². The van der Waals surface area contributed by atoms with E-state index in [4.69, 9.17) is 0 Å². The van der Waals surface area contributed by atoms with E-state index in [0.717, 1.165) is 23.0 Å². The number of aromatic nitrogens is 2. The van der Waals surface area contributed by atoms with Crippen molar-refractivity contribution in [1.82, 2.24) is 10.2 Å². The third-order valence-electron chi connectivity index (χ3n) is 2.74. The molecule has 1 aromatic carbocycles. The van der Waals surface area contributed by atoms with Gasteiger partial charge in [0.15, 0.2) is 0 Å². The van der Waals surface area contributed by atoms with Crippen LogP contribution in [0.4, 0.5) is 4.39 Å². The van der Waals surface area contributed by atoms with Crippen molar-refractivity contribution < 1.29 is 13.9 Å². The lowest BCUT2D eigenvalue weighted by Crippen LogP contribution is -2.02. The minimum Gasteiger partial charge on any atom is -0.465 e. The maximum absolute atomic E-state index is 13.5. The average molecular weight is 248 g/mol. The van der Waals surface area contributed by atoms with Crippen LogP contribution in [-0.4, -0.2) is 23.3 Å². The molecule has 18 heavy (non-hydrogen) atoms. The molecule has 0 saturated heterocycles. The summed E-state index contributed by atoms with van der Waals surface area (Å²) >= 11 is 0. The molecule has 0 amide bonds. The number of benzene rings is 1. The van der Waals surface area contributed by atoms with Gasteiger partial charge in [0, 0.05) is 11.3 Å². The van der Waals surface area contributed by atoms with Crippen LogP contribution in [-0.2, 0) is 4.74 Å². The molecule has 0 bridgehead atoms. The average Bonchev–Trinajstić information content (AvgIpc) is 2.67. The van der Waals surface area contributed by atoms with Crippen molar-refractivity contribution in [2.75, 3.05) is 7.11 Å². The summed E-state index contributed by atoms with van der Waals surface area (Å²) in [5.74, 6) is -1.04. The maximum Gasteiger partial charge on any atom is 0.337 e. The second kappa shape index (κ2) is 4.60. The molecule has 4 nitrogen and oxygen atoms in total. The topological polar surface area (TPSA) is 55.0 Å². The molecular formula is C13H13FN2O2. The van der Waals surface area contributed by atoms with Crippen LogP contribution in [0.2, 0.25) is 0 Å². The third-order valence-corrected chi connectivity index (χ3v) is 2.74. The fourth-order valence-electron chi connectivity index (χ4n) is 1.95. The monoisotopic (exact) mass is 248 g/mol. The molecule has 2 aromatic rings. The molecule has 1 aromatic heterocycles. The van der Waals surface area contributed by atoms with Crippen molar-refractivity contribution in [3.8, 4) is 11.1 Å². The van der Waals surface area contributed by atoms with E-state index in [9.17, 15) is 9.18 Å². The number of nitrogens with zero attached hydrogens (tertiary/aromatic N) is 1. The molecule has 5 heteroatoms. The number of hydrogen-bond acceptors (Lipinski definition) is 3. The lowest BCUT2D eigenvalue weighted by atomic mass is 10.0. The second-order valence-electron chi connectivity index (χ2n) is 4.03. The lowest BCUT2D eigenvalue weighted by Gasteiger charge is -2.05. The number of methoxy groups -OCH3 is 1. The molecule has 0 radical (unpaired) electrons. The van der Waals surface area contributed by atoms with Gasteiger partial charge in [0.05, 0.1) is 18.4 Å². The first-order valence-electron chi connectivity index (χ1n) is 5.43. The van der Waals surface area contributed by atoms with Gasteiger partial charge in [-0.1, -0.05) is 0 Å². The largest absolute Gasteiger partial charge is 0.465 e. The molecular weight excluding hydrogens is 235 g/mol. The van der Waals surface area contributed by atoms with E-state index in [2.05, 4.69) is 14.9 Å².